The van der Waals surface area contributed by atoms with E-state index in [9.17, 15) is 19.8 Å². The van der Waals surface area contributed by atoms with Crippen molar-refractivity contribution in [3.63, 3.8) is 0 Å². The number of aliphatic hydroxyl groups excluding tert-OH is 2. The number of amides is 1. The lowest BCUT2D eigenvalue weighted by molar-refractivity contribution is -0.143. The van der Waals surface area contributed by atoms with Gasteiger partial charge in [0.15, 0.2) is 0 Å². The van der Waals surface area contributed by atoms with Gasteiger partial charge in [0, 0.05) is 12.8 Å². The van der Waals surface area contributed by atoms with Crippen LogP contribution in [0.4, 0.5) is 0 Å². The highest BCUT2D eigenvalue weighted by Gasteiger charge is 2.20. The number of esters is 1. The molecule has 6 nitrogen and oxygen atoms in total. The molecular weight excluding hydrogens is 815 g/mol. The third-order valence-corrected chi connectivity index (χ3v) is 13.4. The number of ether oxygens (including phenoxy) is 1. The van der Waals surface area contributed by atoms with Gasteiger partial charge in [-0.3, -0.25) is 9.59 Å². The SMILES string of the molecule is CCCCCCCC/C=C\CCCCCCCC(=O)OCCCCC/C=C\C=C/CCCCCCCCC(=O)NC(CO)C(O)CCCCCCCCCCCCCCCCCCCCC. The number of aliphatic hydroxyl groups is 2. The highest BCUT2D eigenvalue weighted by molar-refractivity contribution is 5.76. The summed E-state index contributed by atoms with van der Waals surface area (Å²) in [5.41, 5.74) is 0. The average Bonchev–Trinajstić information content (AvgIpc) is 3.32. The van der Waals surface area contributed by atoms with Gasteiger partial charge in [0.2, 0.25) is 5.91 Å². The lowest BCUT2D eigenvalue weighted by atomic mass is 10.0. The highest BCUT2D eigenvalue weighted by Crippen LogP contribution is 2.17. The van der Waals surface area contributed by atoms with E-state index in [1.54, 1.807) is 0 Å². The van der Waals surface area contributed by atoms with Crippen LogP contribution in [0.25, 0.3) is 0 Å². The Labute approximate surface area is 411 Å². The van der Waals surface area contributed by atoms with Crippen LogP contribution in [-0.2, 0) is 14.3 Å². The zero-order chi connectivity index (χ0) is 47.9. The van der Waals surface area contributed by atoms with Crippen molar-refractivity contribution in [1.82, 2.24) is 5.32 Å². The van der Waals surface area contributed by atoms with Gasteiger partial charge in [0.1, 0.15) is 0 Å². The molecule has 0 spiro atoms. The number of allylic oxidation sites excluding steroid dienone is 6. The van der Waals surface area contributed by atoms with Gasteiger partial charge in [-0.25, -0.2) is 0 Å². The van der Waals surface area contributed by atoms with E-state index in [1.165, 1.54) is 199 Å². The fourth-order valence-electron chi connectivity index (χ4n) is 8.92. The predicted molar refractivity (Wildman–Crippen MR) is 287 cm³/mol. The number of carbonyl (C=O) groups is 2. The van der Waals surface area contributed by atoms with E-state index in [2.05, 4.69) is 55.6 Å². The smallest absolute Gasteiger partial charge is 0.305 e. The van der Waals surface area contributed by atoms with Crippen LogP contribution >= 0.6 is 0 Å². The van der Waals surface area contributed by atoms with Crippen LogP contribution in [0, 0.1) is 0 Å². The van der Waals surface area contributed by atoms with Crippen molar-refractivity contribution < 1.29 is 24.5 Å². The molecule has 2 atom stereocenters. The van der Waals surface area contributed by atoms with E-state index in [-0.39, 0.29) is 18.5 Å². The predicted octanol–water partition coefficient (Wildman–Crippen LogP) is 18.0. The largest absolute Gasteiger partial charge is 0.466 e. The molecule has 0 aromatic carbocycles. The molecule has 3 N–H and O–H groups in total. The van der Waals surface area contributed by atoms with E-state index in [1.807, 2.05) is 0 Å². The van der Waals surface area contributed by atoms with Crippen molar-refractivity contribution in [2.75, 3.05) is 13.2 Å². The second kappa shape index (κ2) is 55.7. The maximum atomic E-state index is 12.5. The molecule has 2 unspecified atom stereocenters. The first-order valence-electron chi connectivity index (χ1n) is 29.3. The van der Waals surface area contributed by atoms with E-state index >= 15 is 0 Å². The topological polar surface area (TPSA) is 95.9 Å². The molecular formula is C60H113NO5. The molecule has 0 aliphatic heterocycles. The molecule has 0 aromatic rings. The Hall–Kier alpha value is -1.92. The quantitative estimate of drug-likeness (QED) is 0.0244. The highest BCUT2D eigenvalue weighted by atomic mass is 16.5. The van der Waals surface area contributed by atoms with E-state index in [4.69, 9.17) is 4.74 Å². The molecule has 1 amide bonds. The maximum absolute atomic E-state index is 12.5. The minimum absolute atomic E-state index is 0.0294. The van der Waals surface area contributed by atoms with Crippen LogP contribution in [0.1, 0.15) is 309 Å². The molecule has 0 heterocycles. The molecule has 388 valence electrons. The number of hydrogen-bond donors (Lipinski definition) is 3. The van der Waals surface area contributed by atoms with Crippen molar-refractivity contribution in [2.24, 2.45) is 0 Å². The number of hydrogen-bond acceptors (Lipinski definition) is 5. The summed E-state index contributed by atoms with van der Waals surface area (Å²) < 4.78 is 5.44. The fraction of sp³-hybridized carbons (Fsp3) is 0.867. The Morgan fingerprint density at radius 2 is 0.758 bits per heavy atom. The standard InChI is InChI=1S/C60H113NO5/c1-3-5-7-9-11-13-15-17-19-20-21-22-25-28-32-36-40-44-48-52-58(63)57(56-62)61-59(64)53-49-45-41-37-33-29-26-23-27-31-35-39-43-47-51-55-66-60(65)54-50-46-42-38-34-30-24-18-16-14-12-10-8-6-4-2/h18,23-24,27,31,35,57-58,62-63H,3-17,19-22,25-26,28-30,32-34,36-56H2,1-2H3,(H,61,64)/b24-18-,27-23-,35-31-. The molecule has 0 bridgehead atoms. The van der Waals surface area contributed by atoms with Crippen molar-refractivity contribution >= 4 is 11.9 Å². The number of unbranched alkanes of at least 4 members (excludes halogenated alkanes) is 38. The normalized spacial score (nSPS) is 12.8. The summed E-state index contributed by atoms with van der Waals surface area (Å²) in [6.45, 7) is 4.90. The van der Waals surface area contributed by atoms with Gasteiger partial charge in [0.25, 0.3) is 0 Å². The molecule has 0 saturated heterocycles. The minimum atomic E-state index is -0.680. The summed E-state index contributed by atoms with van der Waals surface area (Å²) >= 11 is 0. The van der Waals surface area contributed by atoms with Crippen molar-refractivity contribution in [3.05, 3.63) is 36.5 Å². The number of rotatable bonds is 54. The molecule has 6 heteroatoms. The molecule has 0 fully saturated rings. The third-order valence-electron chi connectivity index (χ3n) is 13.4. The number of carbonyl (C=O) groups excluding carboxylic acids is 2. The van der Waals surface area contributed by atoms with Crippen LogP contribution in [0.3, 0.4) is 0 Å². The first-order valence-corrected chi connectivity index (χ1v) is 29.3. The molecule has 0 saturated carbocycles. The summed E-state index contributed by atoms with van der Waals surface area (Å²) in [5, 5.41) is 23.3. The third kappa shape index (κ3) is 51.5. The Morgan fingerprint density at radius 1 is 0.424 bits per heavy atom. The van der Waals surface area contributed by atoms with Crippen LogP contribution in [-0.4, -0.2) is 47.4 Å². The molecule has 0 rings (SSSR count). The minimum Gasteiger partial charge on any atom is -0.466 e. The summed E-state index contributed by atoms with van der Waals surface area (Å²) in [5.74, 6) is -0.0854. The van der Waals surface area contributed by atoms with Gasteiger partial charge in [-0.1, -0.05) is 249 Å². The van der Waals surface area contributed by atoms with Gasteiger partial charge in [-0.15, -0.1) is 0 Å². The van der Waals surface area contributed by atoms with Gasteiger partial charge in [0.05, 0.1) is 25.4 Å². The van der Waals surface area contributed by atoms with E-state index in [0.717, 1.165) is 77.0 Å². The van der Waals surface area contributed by atoms with Gasteiger partial charge < -0.3 is 20.3 Å². The second-order valence-electron chi connectivity index (χ2n) is 20.0. The molecule has 0 radical (unpaired) electrons. The molecule has 0 aliphatic carbocycles. The van der Waals surface area contributed by atoms with Gasteiger partial charge in [-0.05, 0) is 83.5 Å². The van der Waals surface area contributed by atoms with E-state index < -0.39 is 12.1 Å². The Kier molecular flexibility index (Phi) is 54.1. The summed E-state index contributed by atoms with van der Waals surface area (Å²) in [7, 11) is 0. The van der Waals surface area contributed by atoms with Crippen LogP contribution < -0.4 is 5.32 Å². The van der Waals surface area contributed by atoms with Crippen molar-refractivity contribution in [2.45, 2.75) is 321 Å². The summed E-state index contributed by atoms with van der Waals surface area (Å²) in [4.78, 5) is 24.5. The van der Waals surface area contributed by atoms with Crippen molar-refractivity contribution in [1.29, 1.82) is 0 Å². The van der Waals surface area contributed by atoms with Gasteiger partial charge in [-0.2, -0.15) is 0 Å². The fourth-order valence-corrected chi connectivity index (χ4v) is 8.92. The zero-order valence-corrected chi connectivity index (χ0v) is 44.2. The molecule has 0 aromatic heterocycles. The van der Waals surface area contributed by atoms with Crippen LogP contribution in [0.5, 0.6) is 0 Å². The number of nitrogens with one attached hydrogen (secondary N) is 1. The lowest BCUT2D eigenvalue weighted by Crippen LogP contribution is -2.45. The Bertz CT molecular complexity index is 1070. The van der Waals surface area contributed by atoms with Crippen LogP contribution in [0.15, 0.2) is 36.5 Å². The molecule has 66 heavy (non-hydrogen) atoms. The summed E-state index contributed by atoms with van der Waals surface area (Å²) in [6, 6.07) is -0.559. The Morgan fingerprint density at radius 3 is 1.17 bits per heavy atom. The first-order chi connectivity index (χ1) is 32.5. The van der Waals surface area contributed by atoms with Gasteiger partial charge >= 0.3 is 5.97 Å². The lowest BCUT2D eigenvalue weighted by Gasteiger charge is -2.22. The Balaban J connectivity index is 3.52. The van der Waals surface area contributed by atoms with Crippen molar-refractivity contribution in [3.8, 4) is 0 Å². The zero-order valence-electron chi connectivity index (χ0n) is 44.2. The van der Waals surface area contributed by atoms with E-state index in [0.29, 0.717) is 25.9 Å². The average molecular weight is 929 g/mol. The summed E-state index contributed by atoms with van der Waals surface area (Å²) in [6.07, 6.45) is 68.5. The molecule has 0 aliphatic rings. The van der Waals surface area contributed by atoms with Crippen LogP contribution in [0.2, 0.25) is 0 Å². The first kappa shape index (κ1) is 64.1. The monoisotopic (exact) mass is 928 g/mol. The maximum Gasteiger partial charge on any atom is 0.305 e. The second-order valence-corrected chi connectivity index (χ2v) is 20.0.